The van der Waals surface area contributed by atoms with Crippen molar-refractivity contribution in [2.45, 2.75) is 45.6 Å². The van der Waals surface area contributed by atoms with Crippen LogP contribution in [0, 0.1) is 0 Å². The second-order valence-electron chi connectivity index (χ2n) is 5.44. The molecule has 1 saturated heterocycles. The van der Waals surface area contributed by atoms with E-state index in [1.54, 1.807) is 16.8 Å². The van der Waals surface area contributed by atoms with Gasteiger partial charge in [-0.2, -0.15) is 0 Å². The molecule has 0 aromatic heterocycles. The first kappa shape index (κ1) is 16.0. The molecule has 0 bridgehead atoms. The maximum absolute atomic E-state index is 12.4. The van der Waals surface area contributed by atoms with Gasteiger partial charge in [-0.1, -0.05) is 0 Å². The maximum atomic E-state index is 12.4. The van der Waals surface area contributed by atoms with Crippen LogP contribution in [0.3, 0.4) is 0 Å². The zero-order valence-electron chi connectivity index (χ0n) is 12.7. The highest BCUT2D eigenvalue weighted by atomic mass is 16.2. The third-order valence-electron chi connectivity index (χ3n) is 3.93. The van der Waals surface area contributed by atoms with E-state index >= 15 is 0 Å². The molecule has 1 aliphatic heterocycles. The molecule has 5 heteroatoms. The highest BCUT2D eigenvalue weighted by Crippen LogP contribution is 2.20. The molecular weight excluding hydrogens is 242 g/mol. The number of nitrogens with one attached hydrogen (secondary N) is 1. The van der Waals surface area contributed by atoms with Crippen LogP contribution in [0.5, 0.6) is 0 Å². The van der Waals surface area contributed by atoms with Crippen LogP contribution < -0.4 is 5.32 Å². The normalized spacial score (nSPS) is 22.9. The van der Waals surface area contributed by atoms with Crippen LogP contribution in [-0.4, -0.2) is 60.4 Å². The van der Waals surface area contributed by atoms with Gasteiger partial charge in [0.05, 0.1) is 12.1 Å². The molecule has 0 saturated carbocycles. The van der Waals surface area contributed by atoms with Crippen LogP contribution in [0.1, 0.15) is 40.0 Å². The number of carbonyl (C=O) groups excluding carboxylic acids is 2. The fraction of sp³-hybridized carbons (Fsp3) is 0.857. The molecule has 0 aromatic carbocycles. The molecular formula is C14H27N3O2. The van der Waals surface area contributed by atoms with Gasteiger partial charge in [0.2, 0.25) is 11.8 Å². The third kappa shape index (κ3) is 3.93. The molecule has 5 nitrogen and oxygen atoms in total. The average molecular weight is 269 g/mol. The summed E-state index contributed by atoms with van der Waals surface area (Å²) in [7, 11) is 1.71. The van der Waals surface area contributed by atoms with Crippen LogP contribution >= 0.6 is 0 Å². The molecule has 1 N–H and O–H groups in total. The molecule has 0 radical (unpaired) electrons. The molecule has 1 aliphatic rings. The summed E-state index contributed by atoms with van der Waals surface area (Å²) in [5.41, 5.74) is -0.503. The largest absolute Gasteiger partial charge is 0.342 e. The van der Waals surface area contributed by atoms with E-state index in [9.17, 15) is 9.59 Å². The minimum atomic E-state index is -0.503. The number of carbonyl (C=O) groups is 2. The first-order chi connectivity index (χ1) is 8.94. The van der Waals surface area contributed by atoms with Gasteiger partial charge >= 0.3 is 0 Å². The number of hydrogen-bond acceptors (Lipinski definition) is 3. The smallest absolute Gasteiger partial charge is 0.242 e. The zero-order chi connectivity index (χ0) is 14.5. The van der Waals surface area contributed by atoms with E-state index in [1.165, 1.54) is 0 Å². The second kappa shape index (κ2) is 6.89. The molecule has 19 heavy (non-hydrogen) atoms. The fourth-order valence-corrected chi connectivity index (χ4v) is 2.61. The van der Waals surface area contributed by atoms with Gasteiger partial charge in [0.1, 0.15) is 0 Å². The Balaban J connectivity index is 2.59. The zero-order valence-corrected chi connectivity index (χ0v) is 12.7. The third-order valence-corrected chi connectivity index (χ3v) is 3.93. The summed E-state index contributed by atoms with van der Waals surface area (Å²) in [6.45, 7) is 8.25. The Bertz CT molecular complexity index is 321. The second-order valence-corrected chi connectivity index (χ2v) is 5.44. The summed E-state index contributed by atoms with van der Waals surface area (Å²) < 4.78 is 0. The number of hydrogen-bond donors (Lipinski definition) is 1. The van der Waals surface area contributed by atoms with E-state index in [1.807, 2.05) is 20.8 Å². The van der Waals surface area contributed by atoms with Crippen LogP contribution in [0.15, 0.2) is 0 Å². The molecule has 0 aromatic rings. The molecule has 1 atom stereocenters. The first-order valence-electron chi connectivity index (χ1n) is 7.23. The highest BCUT2D eigenvalue weighted by molar-refractivity contribution is 5.90. The van der Waals surface area contributed by atoms with Gasteiger partial charge in [0, 0.05) is 20.1 Å². The number of piperidine rings is 1. The molecule has 0 spiro atoms. The topological polar surface area (TPSA) is 52.7 Å². The molecule has 1 unspecified atom stereocenters. The predicted molar refractivity (Wildman–Crippen MR) is 75.8 cm³/mol. The van der Waals surface area contributed by atoms with E-state index in [-0.39, 0.29) is 18.4 Å². The van der Waals surface area contributed by atoms with E-state index in [2.05, 4.69) is 5.32 Å². The van der Waals surface area contributed by atoms with Crippen LogP contribution in [0.25, 0.3) is 0 Å². The van der Waals surface area contributed by atoms with Gasteiger partial charge in [0.25, 0.3) is 0 Å². The van der Waals surface area contributed by atoms with Gasteiger partial charge in [-0.25, -0.2) is 0 Å². The highest BCUT2D eigenvalue weighted by Gasteiger charge is 2.36. The lowest BCUT2D eigenvalue weighted by molar-refractivity contribution is -0.143. The van der Waals surface area contributed by atoms with Crippen molar-refractivity contribution in [3.05, 3.63) is 0 Å². The Hall–Kier alpha value is -1.10. The summed E-state index contributed by atoms with van der Waals surface area (Å²) >= 11 is 0. The van der Waals surface area contributed by atoms with E-state index in [0.29, 0.717) is 13.1 Å². The van der Waals surface area contributed by atoms with Gasteiger partial charge in [-0.15, -0.1) is 0 Å². The predicted octanol–water partition coefficient (Wildman–Crippen LogP) is 0.845. The number of rotatable bonds is 5. The number of amides is 2. The van der Waals surface area contributed by atoms with Crippen molar-refractivity contribution in [2.24, 2.45) is 0 Å². The lowest BCUT2D eigenvalue weighted by Gasteiger charge is -2.36. The molecule has 1 fully saturated rings. The van der Waals surface area contributed by atoms with Gasteiger partial charge in [0.15, 0.2) is 0 Å². The van der Waals surface area contributed by atoms with Crippen molar-refractivity contribution < 1.29 is 9.59 Å². The quantitative estimate of drug-likeness (QED) is 0.805. The van der Waals surface area contributed by atoms with Crippen molar-refractivity contribution in [2.75, 3.05) is 33.2 Å². The first-order valence-corrected chi connectivity index (χ1v) is 7.23. The molecule has 1 heterocycles. The van der Waals surface area contributed by atoms with E-state index in [4.69, 9.17) is 0 Å². The number of nitrogens with zero attached hydrogens (tertiary/aromatic N) is 2. The van der Waals surface area contributed by atoms with Crippen molar-refractivity contribution in [1.29, 1.82) is 0 Å². The molecule has 0 aliphatic carbocycles. The lowest BCUT2D eigenvalue weighted by Crippen LogP contribution is -2.58. The van der Waals surface area contributed by atoms with Gasteiger partial charge in [-0.3, -0.25) is 9.59 Å². The Morgan fingerprint density at radius 1 is 1.21 bits per heavy atom. The maximum Gasteiger partial charge on any atom is 0.242 e. The Labute approximate surface area is 116 Å². The van der Waals surface area contributed by atoms with E-state index < -0.39 is 5.54 Å². The molecule has 1 rings (SSSR count). The number of likely N-dealkylation sites (N-methyl/N-ethyl adjacent to an activating group) is 2. The van der Waals surface area contributed by atoms with Gasteiger partial charge < -0.3 is 15.1 Å². The summed E-state index contributed by atoms with van der Waals surface area (Å²) in [5, 5.41) is 3.29. The Morgan fingerprint density at radius 3 is 2.32 bits per heavy atom. The minimum Gasteiger partial charge on any atom is -0.342 e. The average Bonchev–Trinajstić information content (AvgIpc) is 2.40. The van der Waals surface area contributed by atoms with Crippen LogP contribution in [0.4, 0.5) is 0 Å². The lowest BCUT2D eigenvalue weighted by atomic mass is 9.89. The van der Waals surface area contributed by atoms with E-state index in [0.717, 1.165) is 25.8 Å². The fourth-order valence-electron chi connectivity index (χ4n) is 2.61. The van der Waals surface area contributed by atoms with Crippen molar-refractivity contribution >= 4 is 11.8 Å². The molecule has 110 valence electrons. The monoisotopic (exact) mass is 269 g/mol. The standard InChI is InChI=1S/C14H27N3O2/c1-5-17(6-2)12(18)11-16(4)13(19)14(3)9-7-8-10-15-14/h15H,5-11H2,1-4H3. The summed E-state index contributed by atoms with van der Waals surface area (Å²) in [4.78, 5) is 27.8. The van der Waals surface area contributed by atoms with Crippen molar-refractivity contribution in [1.82, 2.24) is 15.1 Å². The Kier molecular flexibility index (Phi) is 5.79. The summed E-state index contributed by atoms with van der Waals surface area (Å²) in [6.07, 6.45) is 3.02. The minimum absolute atomic E-state index is 0.0141. The Morgan fingerprint density at radius 2 is 1.84 bits per heavy atom. The van der Waals surface area contributed by atoms with Crippen LogP contribution in [0.2, 0.25) is 0 Å². The van der Waals surface area contributed by atoms with Crippen molar-refractivity contribution in [3.63, 3.8) is 0 Å². The van der Waals surface area contributed by atoms with Crippen molar-refractivity contribution in [3.8, 4) is 0 Å². The van der Waals surface area contributed by atoms with Gasteiger partial charge in [-0.05, 0) is 46.6 Å². The summed E-state index contributed by atoms with van der Waals surface area (Å²) in [6, 6.07) is 0. The van der Waals surface area contributed by atoms with Crippen LogP contribution in [-0.2, 0) is 9.59 Å². The molecule has 2 amide bonds. The summed E-state index contributed by atoms with van der Waals surface area (Å²) in [5.74, 6) is 0.0352. The SMILES string of the molecule is CCN(CC)C(=O)CN(C)C(=O)C1(C)CCCCN1.